The van der Waals surface area contributed by atoms with Crippen LogP contribution >= 0.6 is 0 Å². The van der Waals surface area contributed by atoms with E-state index in [4.69, 9.17) is 0 Å². The van der Waals surface area contributed by atoms with Gasteiger partial charge in [0.15, 0.2) is 0 Å². The summed E-state index contributed by atoms with van der Waals surface area (Å²) in [6.07, 6.45) is 6.56. The molecule has 1 fully saturated rings. The topological polar surface area (TPSA) is 53.4 Å². The smallest absolute Gasteiger partial charge is 0.225 e. The monoisotopic (exact) mass is 367 g/mol. The van der Waals surface area contributed by atoms with Crippen LogP contribution in [0, 0.1) is 0 Å². The molecule has 1 N–H and O–H groups in total. The molecule has 0 saturated carbocycles. The van der Waals surface area contributed by atoms with E-state index in [-0.39, 0.29) is 11.9 Å². The summed E-state index contributed by atoms with van der Waals surface area (Å²) in [7, 11) is 1.99. The molecule has 1 aromatic carbocycles. The number of nitrogens with one attached hydrogen (secondary N) is 1. The number of hydrogen-bond acceptors (Lipinski definition) is 4. The number of piperazine rings is 1. The van der Waals surface area contributed by atoms with Gasteiger partial charge in [0.25, 0.3) is 0 Å². The van der Waals surface area contributed by atoms with Crippen LogP contribution in [0.25, 0.3) is 0 Å². The van der Waals surface area contributed by atoms with Gasteiger partial charge in [-0.2, -0.15) is 0 Å². The van der Waals surface area contributed by atoms with Crippen LogP contribution in [0.15, 0.2) is 36.7 Å². The minimum absolute atomic E-state index is 0.0114. The highest BCUT2D eigenvalue weighted by Crippen LogP contribution is 2.30. The maximum Gasteiger partial charge on any atom is 0.225 e. The molecule has 0 spiro atoms. The number of aryl methyl sites for hydroxylation is 2. The molecule has 1 aromatic heterocycles. The highest BCUT2D eigenvalue weighted by molar-refractivity contribution is 5.77. The van der Waals surface area contributed by atoms with Crippen LogP contribution in [0.4, 0.5) is 5.69 Å². The molecule has 0 radical (unpaired) electrons. The first kappa shape index (κ1) is 18.0. The van der Waals surface area contributed by atoms with E-state index in [2.05, 4.69) is 46.4 Å². The lowest BCUT2D eigenvalue weighted by Crippen LogP contribution is -2.50. The van der Waals surface area contributed by atoms with Gasteiger partial charge in [-0.15, -0.1) is 0 Å². The number of carbonyl (C=O) groups is 1. The standard InChI is InChI=1S/C21H29N5O/c1-16-7-8-17-5-3-4-6-18(17)25(16)12-9-20(27)26-14-10-22-15-19(26)21-23-11-13-24(21)2/h3-6,11,13,16,19,22H,7-10,12,14-15H2,1-2H3. The maximum absolute atomic E-state index is 13.1. The molecule has 3 heterocycles. The van der Waals surface area contributed by atoms with Crippen LogP contribution in [-0.2, 0) is 18.3 Å². The molecular weight excluding hydrogens is 338 g/mol. The number of hydrogen-bond donors (Lipinski definition) is 1. The first-order chi connectivity index (χ1) is 13.1. The molecule has 0 aliphatic carbocycles. The summed E-state index contributed by atoms with van der Waals surface area (Å²) < 4.78 is 2.01. The van der Waals surface area contributed by atoms with Gasteiger partial charge >= 0.3 is 0 Å². The van der Waals surface area contributed by atoms with Gasteiger partial charge in [-0.3, -0.25) is 4.79 Å². The summed E-state index contributed by atoms with van der Waals surface area (Å²) in [5.41, 5.74) is 2.70. The van der Waals surface area contributed by atoms with E-state index in [9.17, 15) is 4.79 Å². The van der Waals surface area contributed by atoms with Gasteiger partial charge in [-0.25, -0.2) is 4.98 Å². The maximum atomic E-state index is 13.1. The van der Waals surface area contributed by atoms with Crippen molar-refractivity contribution in [1.29, 1.82) is 0 Å². The van der Waals surface area contributed by atoms with E-state index >= 15 is 0 Å². The fourth-order valence-electron chi connectivity index (χ4n) is 4.39. The largest absolute Gasteiger partial charge is 0.368 e. The number of carbonyl (C=O) groups excluding carboxylic acids is 1. The van der Waals surface area contributed by atoms with E-state index in [1.165, 1.54) is 11.3 Å². The second-order valence-corrected chi connectivity index (χ2v) is 7.66. The van der Waals surface area contributed by atoms with E-state index in [1.807, 2.05) is 22.7 Å². The number of rotatable bonds is 4. The van der Waals surface area contributed by atoms with Crippen molar-refractivity contribution in [2.45, 2.75) is 38.3 Å². The Morgan fingerprint density at radius 1 is 1.33 bits per heavy atom. The van der Waals surface area contributed by atoms with Crippen LogP contribution in [0.3, 0.4) is 0 Å². The zero-order chi connectivity index (χ0) is 18.8. The van der Waals surface area contributed by atoms with Crippen molar-refractivity contribution in [3.05, 3.63) is 48.0 Å². The molecule has 2 aromatic rings. The summed E-state index contributed by atoms with van der Waals surface area (Å²) in [4.78, 5) is 22.0. The number of nitrogens with zero attached hydrogens (tertiary/aromatic N) is 4. The second kappa shape index (κ2) is 7.72. The molecule has 2 atom stereocenters. The van der Waals surface area contributed by atoms with Gasteiger partial charge < -0.3 is 19.7 Å². The van der Waals surface area contributed by atoms with E-state index in [0.717, 1.165) is 44.8 Å². The quantitative estimate of drug-likeness (QED) is 0.899. The first-order valence-electron chi connectivity index (χ1n) is 9.97. The molecular formula is C21H29N5O. The molecule has 2 aliphatic rings. The van der Waals surface area contributed by atoms with E-state index in [0.29, 0.717) is 12.5 Å². The van der Waals surface area contributed by atoms with Gasteiger partial charge in [0, 0.05) is 63.8 Å². The predicted molar refractivity (Wildman–Crippen MR) is 107 cm³/mol. The summed E-state index contributed by atoms with van der Waals surface area (Å²) >= 11 is 0. The van der Waals surface area contributed by atoms with Crippen molar-refractivity contribution in [2.75, 3.05) is 31.1 Å². The average Bonchev–Trinajstić information content (AvgIpc) is 3.12. The van der Waals surface area contributed by atoms with Crippen molar-refractivity contribution in [3.63, 3.8) is 0 Å². The van der Waals surface area contributed by atoms with Crippen molar-refractivity contribution in [2.24, 2.45) is 7.05 Å². The average molecular weight is 367 g/mol. The number of anilines is 1. The number of fused-ring (bicyclic) bond motifs is 1. The van der Waals surface area contributed by atoms with Gasteiger partial charge in [-0.1, -0.05) is 18.2 Å². The van der Waals surface area contributed by atoms with Crippen LogP contribution in [0.2, 0.25) is 0 Å². The van der Waals surface area contributed by atoms with E-state index in [1.54, 1.807) is 6.20 Å². The van der Waals surface area contributed by atoms with Gasteiger partial charge in [-0.05, 0) is 31.4 Å². The first-order valence-corrected chi connectivity index (χ1v) is 9.97. The Morgan fingerprint density at radius 2 is 2.19 bits per heavy atom. The molecule has 2 aliphatic heterocycles. The second-order valence-electron chi connectivity index (χ2n) is 7.66. The SMILES string of the molecule is CC1CCc2ccccc2N1CCC(=O)N1CCNCC1c1nccn1C. The Bertz CT molecular complexity index is 801. The molecule has 1 amide bonds. The summed E-state index contributed by atoms with van der Waals surface area (Å²) in [5, 5.41) is 3.40. The Labute approximate surface area is 161 Å². The van der Waals surface area contributed by atoms with Crippen LogP contribution in [0.5, 0.6) is 0 Å². The van der Waals surface area contributed by atoms with Crippen LogP contribution in [0.1, 0.15) is 37.2 Å². The Hall–Kier alpha value is -2.34. The number of imidazole rings is 1. The zero-order valence-corrected chi connectivity index (χ0v) is 16.3. The third-order valence-electron chi connectivity index (χ3n) is 5.95. The highest BCUT2D eigenvalue weighted by Gasteiger charge is 2.31. The minimum atomic E-state index is 0.0114. The molecule has 1 saturated heterocycles. The Kier molecular flexibility index (Phi) is 5.16. The molecule has 4 rings (SSSR count). The molecule has 144 valence electrons. The lowest BCUT2D eigenvalue weighted by molar-refractivity contribution is -0.134. The third kappa shape index (κ3) is 3.58. The summed E-state index contributed by atoms with van der Waals surface area (Å²) in [6.45, 7) is 5.38. The number of aromatic nitrogens is 2. The van der Waals surface area contributed by atoms with Crippen LogP contribution in [-0.4, -0.2) is 52.6 Å². The lowest BCUT2D eigenvalue weighted by Gasteiger charge is -2.39. The van der Waals surface area contributed by atoms with Crippen LogP contribution < -0.4 is 10.2 Å². The number of para-hydroxylation sites is 1. The number of benzene rings is 1. The van der Waals surface area contributed by atoms with Crippen molar-refractivity contribution >= 4 is 11.6 Å². The highest BCUT2D eigenvalue weighted by atomic mass is 16.2. The molecule has 6 nitrogen and oxygen atoms in total. The number of amides is 1. The Morgan fingerprint density at radius 3 is 3.00 bits per heavy atom. The fraction of sp³-hybridized carbons (Fsp3) is 0.524. The summed E-state index contributed by atoms with van der Waals surface area (Å²) in [6, 6.07) is 9.09. The summed E-state index contributed by atoms with van der Waals surface area (Å²) in [5.74, 6) is 1.17. The molecule has 2 unspecified atom stereocenters. The molecule has 0 bridgehead atoms. The van der Waals surface area contributed by atoms with Gasteiger partial charge in [0.2, 0.25) is 5.91 Å². The lowest BCUT2D eigenvalue weighted by atomic mass is 9.96. The van der Waals surface area contributed by atoms with Gasteiger partial charge in [0.1, 0.15) is 11.9 Å². The molecule has 27 heavy (non-hydrogen) atoms. The minimum Gasteiger partial charge on any atom is -0.368 e. The Balaban J connectivity index is 1.46. The zero-order valence-electron chi connectivity index (χ0n) is 16.3. The van der Waals surface area contributed by atoms with Crippen molar-refractivity contribution in [3.8, 4) is 0 Å². The predicted octanol–water partition coefficient (Wildman–Crippen LogP) is 2.12. The van der Waals surface area contributed by atoms with Gasteiger partial charge in [0.05, 0.1) is 0 Å². The normalized spacial score (nSPS) is 22.6. The van der Waals surface area contributed by atoms with Crippen molar-refractivity contribution in [1.82, 2.24) is 19.8 Å². The van der Waals surface area contributed by atoms with Crippen molar-refractivity contribution < 1.29 is 4.79 Å². The fourth-order valence-corrected chi connectivity index (χ4v) is 4.39. The molecule has 6 heteroatoms. The third-order valence-corrected chi connectivity index (χ3v) is 5.95. The van der Waals surface area contributed by atoms with E-state index < -0.39 is 0 Å².